The Balaban J connectivity index is 1.52. The van der Waals surface area contributed by atoms with Crippen LogP contribution < -0.4 is 4.90 Å². The van der Waals surface area contributed by atoms with Gasteiger partial charge in [-0.2, -0.15) is 0 Å². The number of carbonyl (C=O) groups is 1. The van der Waals surface area contributed by atoms with Crippen LogP contribution >= 0.6 is 11.3 Å². The summed E-state index contributed by atoms with van der Waals surface area (Å²) in [6, 6.07) is 3.78. The number of fused-ring (bicyclic) bond motifs is 1. The molecular formula is C15H17N7OS. The summed E-state index contributed by atoms with van der Waals surface area (Å²) in [4.78, 5) is 25.9. The Morgan fingerprint density at radius 3 is 2.79 bits per heavy atom. The second-order valence-corrected chi connectivity index (χ2v) is 6.48. The molecule has 0 N–H and O–H groups in total. The van der Waals surface area contributed by atoms with E-state index in [9.17, 15) is 4.79 Å². The number of anilines is 1. The lowest BCUT2D eigenvalue weighted by Crippen LogP contribution is -2.49. The van der Waals surface area contributed by atoms with Crippen molar-refractivity contribution in [1.29, 1.82) is 0 Å². The third-order valence-corrected chi connectivity index (χ3v) is 5.04. The van der Waals surface area contributed by atoms with Crippen molar-refractivity contribution in [2.75, 3.05) is 31.1 Å². The highest BCUT2D eigenvalue weighted by molar-refractivity contribution is 7.12. The summed E-state index contributed by atoms with van der Waals surface area (Å²) < 4.78 is 1.76. The zero-order valence-electron chi connectivity index (χ0n) is 13.3. The molecule has 1 amide bonds. The van der Waals surface area contributed by atoms with Crippen LogP contribution in [0.3, 0.4) is 0 Å². The Labute approximate surface area is 142 Å². The van der Waals surface area contributed by atoms with Crippen LogP contribution in [0.1, 0.15) is 16.6 Å². The number of aromatic nitrogens is 5. The molecule has 0 radical (unpaired) electrons. The first-order valence-electron chi connectivity index (χ1n) is 7.90. The van der Waals surface area contributed by atoms with Gasteiger partial charge in [0.15, 0.2) is 17.0 Å². The molecule has 1 saturated heterocycles. The molecule has 9 heteroatoms. The maximum Gasteiger partial charge on any atom is 0.264 e. The van der Waals surface area contributed by atoms with Crippen LogP contribution in [0.15, 0.2) is 23.8 Å². The minimum absolute atomic E-state index is 0.106. The van der Waals surface area contributed by atoms with Gasteiger partial charge in [-0.25, -0.2) is 14.6 Å². The average molecular weight is 343 g/mol. The normalized spacial score (nSPS) is 15.2. The number of hydrogen-bond acceptors (Lipinski definition) is 7. The molecule has 3 aromatic rings. The van der Waals surface area contributed by atoms with Crippen LogP contribution in [-0.2, 0) is 6.54 Å². The number of nitrogens with zero attached hydrogens (tertiary/aromatic N) is 7. The molecule has 0 spiro atoms. The van der Waals surface area contributed by atoms with Crippen LogP contribution in [-0.4, -0.2) is 61.9 Å². The third-order valence-electron chi connectivity index (χ3n) is 4.18. The van der Waals surface area contributed by atoms with E-state index in [1.54, 1.807) is 11.0 Å². The van der Waals surface area contributed by atoms with Gasteiger partial charge < -0.3 is 9.80 Å². The maximum absolute atomic E-state index is 12.4. The zero-order valence-corrected chi connectivity index (χ0v) is 14.1. The number of aryl methyl sites for hydroxylation is 1. The van der Waals surface area contributed by atoms with Crippen LogP contribution in [0.4, 0.5) is 5.82 Å². The lowest BCUT2D eigenvalue weighted by Gasteiger charge is -2.35. The smallest absolute Gasteiger partial charge is 0.264 e. The summed E-state index contributed by atoms with van der Waals surface area (Å²) in [5.74, 6) is 0.900. The highest BCUT2D eigenvalue weighted by Crippen LogP contribution is 2.22. The number of piperazine rings is 1. The summed E-state index contributed by atoms with van der Waals surface area (Å²) in [5, 5.41) is 10.3. The van der Waals surface area contributed by atoms with Crippen LogP contribution in [0.5, 0.6) is 0 Å². The fourth-order valence-corrected chi connectivity index (χ4v) is 3.59. The monoisotopic (exact) mass is 343 g/mol. The van der Waals surface area contributed by atoms with Gasteiger partial charge in [0, 0.05) is 32.7 Å². The highest BCUT2D eigenvalue weighted by Gasteiger charge is 2.25. The van der Waals surface area contributed by atoms with Crippen molar-refractivity contribution in [3.05, 3.63) is 28.7 Å². The van der Waals surface area contributed by atoms with E-state index >= 15 is 0 Å². The molecule has 0 aromatic carbocycles. The highest BCUT2D eigenvalue weighted by atomic mass is 32.1. The van der Waals surface area contributed by atoms with E-state index in [1.165, 1.54) is 11.3 Å². The molecule has 124 valence electrons. The molecule has 1 aliphatic heterocycles. The van der Waals surface area contributed by atoms with Crippen LogP contribution in [0.25, 0.3) is 11.2 Å². The molecule has 4 rings (SSSR count). The Morgan fingerprint density at radius 2 is 2.08 bits per heavy atom. The largest absolute Gasteiger partial charge is 0.351 e. The molecule has 0 atom stereocenters. The molecule has 1 aliphatic rings. The van der Waals surface area contributed by atoms with Crippen LogP contribution in [0, 0.1) is 0 Å². The summed E-state index contributed by atoms with van der Waals surface area (Å²) in [7, 11) is 0. The summed E-state index contributed by atoms with van der Waals surface area (Å²) in [6.45, 7) is 5.51. The topological polar surface area (TPSA) is 80.0 Å². The SMILES string of the molecule is CCn1nnc2c(N3CCN(C(=O)c4cccs4)CC3)ncnc21. The van der Waals surface area contributed by atoms with E-state index in [2.05, 4.69) is 25.2 Å². The van der Waals surface area contributed by atoms with E-state index in [4.69, 9.17) is 0 Å². The standard InChI is InChI=1S/C15H17N7OS/c1-2-22-14-12(18-19-22)13(16-10-17-14)20-5-7-21(8-6-20)15(23)11-4-3-9-24-11/h3-4,9-10H,2,5-8H2,1H3. The Hall–Kier alpha value is -2.55. The molecule has 1 fully saturated rings. The number of rotatable bonds is 3. The first-order valence-corrected chi connectivity index (χ1v) is 8.78. The van der Waals surface area contributed by atoms with Crippen molar-refractivity contribution in [3.8, 4) is 0 Å². The maximum atomic E-state index is 12.4. The molecule has 0 unspecified atom stereocenters. The van der Waals surface area contributed by atoms with Crippen molar-refractivity contribution < 1.29 is 4.79 Å². The molecule has 8 nitrogen and oxygen atoms in total. The van der Waals surface area contributed by atoms with E-state index in [1.807, 2.05) is 29.3 Å². The van der Waals surface area contributed by atoms with E-state index in [-0.39, 0.29) is 5.91 Å². The second-order valence-electron chi connectivity index (χ2n) is 5.53. The molecular weight excluding hydrogens is 326 g/mol. The zero-order chi connectivity index (χ0) is 16.5. The van der Waals surface area contributed by atoms with E-state index in [0.29, 0.717) is 13.1 Å². The van der Waals surface area contributed by atoms with Gasteiger partial charge in [-0.3, -0.25) is 4.79 Å². The molecule has 0 saturated carbocycles. The van der Waals surface area contributed by atoms with E-state index in [0.717, 1.165) is 41.5 Å². The summed E-state index contributed by atoms with van der Waals surface area (Å²) in [6.07, 6.45) is 1.55. The van der Waals surface area contributed by atoms with Gasteiger partial charge in [0.05, 0.1) is 4.88 Å². The third kappa shape index (κ3) is 2.50. The fraction of sp³-hybridized carbons (Fsp3) is 0.400. The Morgan fingerprint density at radius 1 is 1.25 bits per heavy atom. The van der Waals surface area contributed by atoms with Gasteiger partial charge in [0.2, 0.25) is 0 Å². The minimum Gasteiger partial charge on any atom is -0.351 e. The Bertz CT molecular complexity index is 852. The predicted molar refractivity (Wildman–Crippen MR) is 91.2 cm³/mol. The Kier molecular flexibility index (Phi) is 3.85. The van der Waals surface area contributed by atoms with Crippen molar-refractivity contribution in [2.24, 2.45) is 0 Å². The first kappa shape index (κ1) is 15.0. The van der Waals surface area contributed by atoms with Gasteiger partial charge in [-0.15, -0.1) is 16.4 Å². The number of carbonyl (C=O) groups excluding carboxylic acids is 1. The predicted octanol–water partition coefficient (Wildman–Crippen LogP) is 1.27. The summed E-state index contributed by atoms with van der Waals surface area (Å²) in [5.41, 5.74) is 1.47. The van der Waals surface area contributed by atoms with Gasteiger partial charge >= 0.3 is 0 Å². The van der Waals surface area contributed by atoms with Crippen LogP contribution in [0.2, 0.25) is 0 Å². The van der Waals surface area contributed by atoms with Gasteiger partial charge in [0.1, 0.15) is 6.33 Å². The fourth-order valence-electron chi connectivity index (χ4n) is 2.90. The summed E-state index contributed by atoms with van der Waals surface area (Å²) >= 11 is 1.48. The molecule has 3 aromatic heterocycles. The van der Waals surface area contributed by atoms with Crippen molar-refractivity contribution >= 4 is 34.2 Å². The lowest BCUT2D eigenvalue weighted by molar-refractivity contribution is 0.0751. The molecule has 0 bridgehead atoms. The van der Waals surface area contributed by atoms with E-state index < -0.39 is 0 Å². The molecule has 0 aliphatic carbocycles. The lowest BCUT2D eigenvalue weighted by atomic mass is 10.3. The van der Waals surface area contributed by atoms with Crippen molar-refractivity contribution in [3.63, 3.8) is 0 Å². The first-order chi connectivity index (χ1) is 11.8. The number of thiophene rings is 1. The molecule has 4 heterocycles. The second kappa shape index (κ2) is 6.16. The number of hydrogen-bond donors (Lipinski definition) is 0. The van der Waals surface area contributed by atoms with Crippen molar-refractivity contribution in [1.82, 2.24) is 29.9 Å². The number of amides is 1. The van der Waals surface area contributed by atoms with Gasteiger partial charge in [0.25, 0.3) is 5.91 Å². The minimum atomic E-state index is 0.106. The quantitative estimate of drug-likeness (QED) is 0.712. The average Bonchev–Trinajstić information content (AvgIpc) is 3.30. The van der Waals surface area contributed by atoms with Gasteiger partial charge in [-0.1, -0.05) is 11.3 Å². The molecule has 24 heavy (non-hydrogen) atoms. The van der Waals surface area contributed by atoms with Crippen molar-refractivity contribution in [2.45, 2.75) is 13.5 Å². The van der Waals surface area contributed by atoms with Gasteiger partial charge in [-0.05, 0) is 18.4 Å².